The molecule has 0 rings (SSSR count). The normalized spacial score (nSPS) is 13.7. The molecule has 0 aliphatic heterocycles. The van der Waals surface area contributed by atoms with E-state index in [-0.39, 0.29) is 19.5 Å². The van der Waals surface area contributed by atoms with Crippen molar-refractivity contribution in [2.45, 2.75) is 52.4 Å². The summed E-state index contributed by atoms with van der Waals surface area (Å²) in [5, 5.41) is 0. The van der Waals surface area contributed by atoms with Gasteiger partial charge in [0.05, 0.1) is 0 Å². The van der Waals surface area contributed by atoms with Gasteiger partial charge < -0.3 is 8.23 Å². The van der Waals surface area contributed by atoms with E-state index in [0.29, 0.717) is 0 Å². The predicted molar refractivity (Wildman–Crippen MR) is 77.7 cm³/mol. The standard InChI is InChI=1S/2C4H14OSi2/c2*1-6-5-7(2,3)4/h2*6H2,1-4H3. The van der Waals surface area contributed by atoms with E-state index in [4.69, 9.17) is 8.23 Å². The number of rotatable bonds is 4. The van der Waals surface area contributed by atoms with Crippen molar-refractivity contribution in [2.75, 3.05) is 0 Å². The Balaban J connectivity index is 0. The van der Waals surface area contributed by atoms with Gasteiger partial charge in [0.25, 0.3) is 0 Å². The molecule has 0 aliphatic rings. The fourth-order valence-corrected chi connectivity index (χ4v) is 7.79. The molecule has 6 heteroatoms. The van der Waals surface area contributed by atoms with Crippen molar-refractivity contribution in [3.05, 3.63) is 0 Å². The lowest BCUT2D eigenvalue weighted by Gasteiger charge is -2.14. The second kappa shape index (κ2) is 8.00. The van der Waals surface area contributed by atoms with Crippen molar-refractivity contribution < 1.29 is 8.23 Å². The van der Waals surface area contributed by atoms with Crippen LogP contribution in [0.5, 0.6) is 0 Å². The Hall–Kier alpha value is 0.788. The van der Waals surface area contributed by atoms with Gasteiger partial charge in [-0.1, -0.05) is 13.1 Å². The second-order valence-electron chi connectivity index (χ2n) is 5.09. The minimum atomic E-state index is -1.10. The summed E-state index contributed by atoms with van der Waals surface area (Å²) in [7, 11) is -2.45. The third-order valence-corrected chi connectivity index (χ3v) is 10.4. The zero-order valence-corrected chi connectivity index (χ0v) is 16.1. The topological polar surface area (TPSA) is 18.5 Å². The predicted octanol–water partition coefficient (Wildman–Crippen LogP) is 1.94. The van der Waals surface area contributed by atoms with Gasteiger partial charge in [0, 0.05) is 0 Å². The highest BCUT2D eigenvalue weighted by molar-refractivity contribution is 6.74. The van der Waals surface area contributed by atoms with Gasteiger partial charge in [0.1, 0.15) is 19.5 Å². The first-order valence-electron chi connectivity index (χ1n) is 5.40. The summed E-state index contributed by atoms with van der Waals surface area (Å²) >= 11 is 0. The molecular formula is C8H28O2Si4. The molecule has 0 aromatic carbocycles. The van der Waals surface area contributed by atoms with Gasteiger partial charge in [-0.3, -0.25) is 0 Å². The Bertz CT molecular complexity index is 112. The lowest BCUT2D eigenvalue weighted by atomic mass is 11.8. The molecule has 0 fully saturated rings. The first-order chi connectivity index (χ1) is 6.12. The van der Waals surface area contributed by atoms with Crippen molar-refractivity contribution >= 4 is 36.2 Å². The van der Waals surface area contributed by atoms with E-state index in [9.17, 15) is 0 Å². The van der Waals surface area contributed by atoms with Crippen molar-refractivity contribution in [1.82, 2.24) is 0 Å². The zero-order chi connectivity index (χ0) is 11.8. The minimum Gasteiger partial charge on any atom is -0.461 e. The summed E-state index contributed by atoms with van der Waals surface area (Å²) < 4.78 is 11.0. The third kappa shape index (κ3) is 23.0. The van der Waals surface area contributed by atoms with Crippen molar-refractivity contribution in [1.29, 1.82) is 0 Å². The zero-order valence-electron chi connectivity index (χ0n) is 11.2. The van der Waals surface area contributed by atoms with Crippen LogP contribution in [-0.4, -0.2) is 36.2 Å². The summed E-state index contributed by atoms with van der Waals surface area (Å²) in [4.78, 5) is 0. The summed E-state index contributed by atoms with van der Waals surface area (Å²) in [6.45, 7) is 17.7. The molecule has 0 amide bonds. The lowest BCUT2D eigenvalue weighted by molar-refractivity contribution is 0.602. The fourth-order valence-electron chi connectivity index (χ4n) is 0.866. The first-order valence-corrected chi connectivity index (χ1v) is 16.2. The summed E-state index contributed by atoms with van der Waals surface area (Å²) in [5.74, 6) is 0. The lowest BCUT2D eigenvalue weighted by Crippen LogP contribution is -2.26. The molecule has 0 atom stereocenters. The minimum absolute atomic E-state index is 0.128. The van der Waals surface area contributed by atoms with E-state index in [2.05, 4.69) is 52.4 Å². The molecule has 0 aromatic heterocycles. The van der Waals surface area contributed by atoms with Crippen LogP contribution in [0.15, 0.2) is 0 Å². The Labute approximate surface area is 96.9 Å². The highest BCUT2D eigenvalue weighted by atomic mass is 28.4. The van der Waals surface area contributed by atoms with Crippen LogP contribution in [0.2, 0.25) is 52.4 Å². The van der Waals surface area contributed by atoms with E-state index >= 15 is 0 Å². The molecule has 0 saturated carbocycles. The monoisotopic (exact) mass is 268 g/mol. The molecule has 0 saturated heterocycles. The van der Waals surface area contributed by atoms with Gasteiger partial charge >= 0.3 is 0 Å². The smallest absolute Gasteiger partial charge is 0.169 e. The molecule has 0 aromatic rings. The van der Waals surface area contributed by atoms with E-state index in [1.165, 1.54) is 0 Å². The number of hydrogen-bond donors (Lipinski definition) is 0. The van der Waals surface area contributed by atoms with Crippen molar-refractivity contribution in [2.24, 2.45) is 0 Å². The average molecular weight is 269 g/mol. The van der Waals surface area contributed by atoms with Gasteiger partial charge in [-0.05, 0) is 39.3 Å². The molecule has 0 unspecified atom stereocenters. The molecule has 0 radical (unpaired) electrons. The average Bonchev–Trinajstić information content (AvgIpc) is 1.81. The molecule has 0 aliphatic carbocycles. The van der Waals surface area contributed by atoms with E-state index in [1.807, 2.05) is 0 Å². The highest BCUT2D eigenvalue weighted by Gasteiger charge is 2.11. The van der Waals surface area contributed by atoms with Crippen molar-refractivity contribution in [3.63, 3.8) is 0 Å². The van der Waals surface area contributed by atoms with Crippen LogP contribution in [-0.2, 0) is 8.23 Å². The number of hydrogen-bond acceptors (Lipinski definition) is 2. The Kier molecular flexibility index (Phi) is 9.82. The molecule has 14 heavy (non-hydrogen) atoms. The second-order valence-corrected chi connectivity index (χ2v) is 17.0. The summed E-state index contributed by atoms with van der Waals surface area (Å²) in [5.41, 5.74) is 0. The van der Waals surface area contributed by atoms with Gasteiger partial charge in [-0.15, -0.1) is 0 Å². The highest BCUT2D eigenvalue weighted by Crippen LogP contribution is 1.99. The molecule has 2 nitrogen and oxygen atoms in total. The Morgan fingerprint density at radius 1 is 0.643 bits per heavy atom. The maximum absolute atomic E-state index is 5.51. The SMILES string of the molecule is C[SiH2]O[Si](C)(C)C.C[SiH2]O[Si](C)(C)C. The third-order valence-electron chi connectivity index (χ3n) is 1.15. The maximum atomic E-state index is 5.51. The van der Waals surface area contributed by atoms with Crippen molar-refractivity contribution in [3.8, 4) is 0 Å². The maximum Gasteiger partial charge on any atom is 0.169 e. The molecule has 88 valence electrons. The Morgan fingerprint density at radius 2 is 0.857 bits per heavy atom. The van der Waals surface area contributed by atoms with Crippen LogP contribution in [0.1, 0.15) is 0 Å². The van der Waals surface area contributed by atoms with Gasteiger partial charge in [-0.25, -0.2) is 0 Å². The van der Waals surface area contributed by atoms with Crippen LogP contribution < -0.4 is 0 Å². The summed E-state index contributed by atoms with van der Waals surface area (Å²) in [6.07, 6.45) is 0. The fraction of sp³-hybridized carbons (Fsp3) is 1.00. The van der Waals surface area contributed by atoms with Crippen LogP contribution >= 0.6 is 0 Å². The van der Waals surface area contributed by atoms with Crippen LogP contribution in [0.3, 0.4) is 0 Å². The van der Waals surface area contributed by atoms with E-state index < -0.39 is 16.6 Å². The Morgan fingerprint density at radius 3 is 0.857 bits per heavy atom. The molecule has 0 spiro atoms. The first kappa shape index (κ1) is 17.2. The van der Waals surface area contributed by atoms with Crippen LogP contribution in [0.4, 0.5) is 0 Å². The van der Waals surface area contributed by atoms with E-state index in [1.54, 1.807) is 0 Å². The van der Waals surface area contributed by atoms with Gasteiger partial charge in [0.2, 0.25) is 0 Å². The van der Waals surface area contributed by atoms with Gasteiger partial charge in [-0.2, -0.15) is 0 Å². The molecule has 0 heterocycles. The quantitative estimate of drug-likeness (QED) is 0.726. The molecule has 0 N–H and O–H groups in total. The van der Waals surface area contributed by atoms with Crippen LogP contribution in [0.25, 0.3) is 0 Å². The van der Waals surface area contributed by atoms with Gasteiger partial charge in [0.15, 0.2) is 16.6 Å². The summed E-state index contributed by atoms with van der Waals surface area (Å²) in [6, 6.07) is 0. The molecular weight excluding hydrogens is 240 g/mol. The van der Waals surface area contributed by atoms with E-state index in [0.717, 1.165) is 0 Å². The largest absolute Gasteiger partial charge is 0.461 e. The van der Waals surface area contributed by atoms with Crippen LogP contribution in [0, 0.1) is 0 Å². The molecule has 0 bridgehead atoms.